The Labute approximate surface area is 181 Å². The molecule has 0 fully saturated rings. The first-order valence-electron chi connectivity index (χ1n) is 10.3. The topological polar surface area (TPSA) is 86.6 Å². The zero-order chi connectivity index (χ0) is 21.8. The molecular formula is C24H26N4O3. The molecule has 0 bridgehead atoms. The van der Waals surface area contributed by atoms with Crippen molar-refractivity contribution in [2.75, 3.05) is 37.8 Å². The molecule has 3 N–H and O–H groups in total. The van der Waals surface area contributed by atoms with Crippen LogP contribution in [-0.4, -0.2) is 43.9 Å². The Bertz CT molecular complexity index is 1070. The van der Waals surface area contributed by atoms with Crippen LogP contribution in [0.5, 0.6) is 0 Å². The van der Waals surface area contributed by atoms with Gasteiger partial charge in [0.1, 0.15) is 5.76 Å². The first-order valence-corrected chi connectivity index (χ1v) is 10.3. The molecule has 0 radical (unpaired) electrons. The molecule has 0 saturated heterocycles. The van der Waals surface area contributed by atoms with Crippen LogP contribution in [0.2, 0.25) is 0 Å². The second kappa shape index (κ2) is 9.06. The molecule has 2 aromatic carbocycles. The summed E-state index contributed by atoms with van der Waals surface area (Å²) < 4.78 is 5.49. The largest absolute Gasteiger partial charge is 0.464 e. The van der Waals surface area contributed by atoms with E-state index >= 15 is 0 Å². The van der Waals surface area contributed by atoms with Crippen molar-refractivity contribution in [2.24, 2.45) is 0 Å². The van der Waals surface area contributed by atoms with Crippen molar-refractivity contribution < 1.29 is 14.0 Å². The number of hydrogen-bond donors (Lipinski definition) is 3. The van der Waals surface area contributed by atoms with Crippen molar-refractivity contribution >= 4 is 23.2 Å². The molecule has 31 heavy (non-hydrogen) atoms. The first-order chi connectivity index (χ1) is 15.0. The Balaban J connectivity index is 1.47. The second-order valence-electron chi connectivity index (χ2n) is 7.79. The summed E-state index contributed by atoms with van der Waals surface area (Å²) in [5, 5.41) is 9.08. The lowest BCUT2D eigenvalue weighted by Gasteiger charge is -2.12. The third-order valence-corrected chi connectivity index (χ3v) is 5.26. The molecule has 7 nitrogen and oxygen atoms in total. The first kappa shape index (κ1) is 20.7. The number of rotatable bonds is 8. The molecule has 7 heteroatoms. The van der Waals surface area contributed by atoms with Crippen molar-refractivity contribution in [3.05, 3.63) is 71.5 Å². The molecule has 1 aliphatic heterocycles. The van der Waals surface area contributed by atoms with E-state index in [2.05, 4.69) is 34.9 Å². The Hall–Kier alpha value is -3.58. The molecule has 1 aliphatic rings. The van der Waals surface area contributed by atoms with Crippen LogP contribution in [-0.2, 0) is 6.54 Å². The Morgan fingerprint density at radius 3 is 2.65 bits per heavy atom. The second-order valence-corrected chi connectivity index (χ2v) is 7.79. The lowest BCUT2D eigenvalue weighted by atomic mass is 9.99. The van der Waals surface area contributed by atoms with Gasteiger partial charge in [0.2, 0.25) is 0 Å². The molecule has 0 unspecified atom stereocenters. The van der Waals surface area contributed by atoms with E-state index in [1.54, 1.807) is 24.5 Å². The van der Waals surface area contributed by atoms with Crippen molar-refractivity contribution in [3.8, 4) is 11.3 Å². The number of anilines is 2. The van der Waals surface area contributed by atoms with E-state index in [9.17, 15) is 9.59 Å². The molecule has 0 spiro atoms. The average Bonchev–Trinajstić information content (AvgIpc) is 3.42. The number of hydrogen-bond acceptors (Lipinski definition) is 5. The number of amides is 2. The number of nitrogens with one attached hydrogen (secondary N) is 3. The highest BCUT2D eigenvalue weighted by Crippen LogP contribution is 2.34. The highest BCUT2D eigenvalue weighted by molar-refractivity contribution is 6.11. The molecule has 2 amide bonds. The van der Waals surface area contributed by atoms with Crippen LogP contribution < -0.4 is 16.0 Å². The van der Waals surface area contributed by atoms with Crippen LogP contribution in [0.1, 0.15) is 32.7 Å². The van der Waals surface area contributed by atoms with Gasteiger partial charge in [-0.3, -0.25) is 9.59 Å². The van der Waals surface area contributed by atoms with E-state index in [1.165, 1.54) is 0 Å². The van der Waals surface area contributed by atoms with Crippen molar-refractivity contribution in [2.45, 2.75) is 13.0 Å². The van der Waals surface area contributed by atoms with Gasteiger partial charge in [-0.25, -0.2) is 0 Å². The molecule has 0 saturated carbocycles. The van der Waals surface area contributed by atoms with Crippen LogP contribution >= 0.6 is 0 Å². The van der Waals surface area contributed by atoms with Gasteiger partial charge in [-0.2, -0.15) is 0 Å². The van der Waals surface area contributed by atoms with Gasteiger partial charge in [0.15, 0.2) is 0 Å². The fraction of sp³-hybridized carbons (Fsp3) is 0.250. The number of furan rings is 1. The van der Waals surface area contributed by atoms with Gasteiger partial charge < -0.3 is 25.3 Å². The SMILES string of the molecule is CN(C)CCCNc1ccc(C(=O)Nc2ccc(-c3ccco3)c3c2C(=O)NC3)cc1. The fourth-order valence-corrected chi connectivity index (χ4v) is 3.68. The summed E-state index contributed by atoms with van der Waals surface area (Å²) in [5.41, 5.74) is 4.16. The summed E-state index contributed by atoms with van der Waals surface area (Å²) in [6.07, 6.45) is 2.64. The van der Waals surface area contributed by atoms with E-state index in [0.717, 1.165) is 36.3 Å². The third-order valence-electron chi connectivity index (χ3n) is 5.26. The highest BCUT2D eigenvalue weighted by atomic mass is 16.3. The Kier molecular flexibility index (Phi) is 6.04. The number of benzene rings is 2. The number of carbonyl (C=O) groups is 2. The molecule has 0 atom stereocenters. The summed E-state index contributed by atoms with van der Waals surface area (Å²) in [5.74, 6) is 0.238. The zero-order valence-electron chi connectivity index (χ0n) is 17.7. The van der Waals surface area contributed by atoms with Crippen molar-refractivity contribution in [3.63, 3.8) is 0 Å². The average molecular weight is 418 g/mol. The monoisotopic (exact) mass is 418 g/mol. The maximum atomic E-state index is 12.8. The van der Waals surface area contributed by atoms with Crippen LogP contribution in [0.4, 0.5) is 11.4 Å². The van der Waals surface area contributed by atoms with E-state index in [1.807, 2.05) is 30.3 Å². The van der Waals surface area contributed by atoms with Crippen LogP contribution in [0.25, 0.3) is 11.3 Å². The number of fused-ring (bicyclic) bond motifs is 1. The van der Waals surface area contributed by atoms with Gasteiger partial charge in [0, 0.05) is 29.9 Å². The van der Waals surface area contributed by atoms with Gasteiger partial charge in [-0.1, -0.05) is 0 Å². The molecule has 4 rings (SSSR count). The summed E-state index contributed by atoms with van der Waals surface area (Å²) in [6, 6.07) is 14.6. The predicted octanol–water partition coefficient (Wildman–Crippen LogP) is 3.81. The predicted molar refractivity (Wildman–Crippen MR) is 121 cm³/mol. The quantitative estimate of drug-likeness (QED) is 0.485. The maximum absolute atomic E-state index is 12.8. The Morgan fingerprint density at radius 1 is 1.13 bits per heavy atom. The van der Waals surface area contributed by atoms with Crippen LogP contribution in [0.3, 0.4) is 0 Å². The third kappa shape index (κ3) is 4.62. The zero-order valence-corrected chi connectivity index (χ0v) is 17.7. The smallest absolute Gasteiger partial charge is 0.255 e. The molecular weight excluding hydrogens is 392 g/mol. The van der Waals surface area contributed by atoms with Crippen molar-refractivity contribution in [1.29, 1.82) is 0 Å². The molecule has 160 valence electrons. The van der Waals surface area contributed by atoms with Gasteiger partial charge >= 0.3 is 0 Å². The van der Waals surface area contributed by atoms with E-state index in [0.29, 0.717) is 29.1 Å². The minimum atomic E-state index is -0.258. The minimum absolute atomic E-state index is 0.198. The summed E-state index contributed by atoms with van der Waals surface area (Å²) >= 11 is 0. The Morgan fingerprint density at radius 2 is 1.94 bits per heavy atom. The molecule has 3 aromatic rings. The van der Waals surface area contributed by atoms with Crippen LogP contribution in [0, 0.1) is 0 Å². The number of carbonyl (C=O) groups excluding carboxylic acids is 2. The van der Waals surface area contributed by atoms with Gasteiger partial charge in [-0.15, -0.1) is 0 Å². The van der Waals surface area contributed by atoms with E-state index in [4.69, 9.17) is 4.42 Å². The minimum Gasteiger partial charge on any atom is -0.464 e. The fourth-order valence-electron chi connectivity index (χ4n) is 3.68. The lowest BCUT2D eigenvalue weighted by molar-refractivity contribution is 0.0966. The van der Waals surface area contributed by atoms with Gasteiger partial charge in [-0.05, 0) is 81.2 Å². The summed E-state index contributed by atoms with van der Waals surface area (Å²) in [4.78, 5) is 27.4. The highest BCUT2D eigenvalue weighted by Gasteiger charge is 2.27. The standard InChI is InChI=1S/C24H26N4O3/c1-28(2)13-4-12-25-17-8-6-16(7-9-17)23(29)27-20-11-10-18(21-5-3-14-31-21)19-15-26-24(30)22(19)20/h3,5-11,14,25H,4,12-13,15H2,1-2H3,(H,26,30)(H,27,29). The summed E-state index contributed by atoms with van der Waals surface area (Å²) in [7, 11) is 4.11. The van der Waals surface area contributed by atoms with Crippen molar-refractivity contribution in [1.82, 2.24) is 10.2 Å². The van der Waals surface area contributed by atoms with E-state index in [-0.39, 0.29) is 11.8 Å². The molecule has 2 heterocycles. The summed E-state index contributed by atoms with van der Waals surface area (Å²) in [6.45, 7) is 2.29. The maximum Gasteiger partial charge on any atom is 0.255 e. The lowest BCUT2D eigenvalue weighted by Crippen LogP contribution is -2.17. The van der Waals surface area contributed by atoms with Gasteiger partial charge in [0.25, 0.3) is 11.8 Å². The van der Waals surface area contributed by atoms with Gasteiger partial charge in [0.05, 0.1) is 17.5 Å². The van der Waals surface area contributed by atoms with Crippen LogP contribution in [0.15, 0.2) is 59.2 Å². The van der Waals surface area contributed by atoms with E-state index < -0.39 is 0 Å². The molecule has 0 aliphatic carbocycles. The molecule has 1 aromatic heterocycles. The normalized spacial score (nSPS) is 12.5. The number of nitrogens with zero attached hydrogens (tertiary/aromatic N) is 1.